The second kappa shape index (κ2) is 6.87. The van der Waals surface area contributed by atoms with Gasteiger partial charge in [0.2, 0.25) is 0 Å². The molecule has 24 heavy (non-hydrogen) atoms. The smallest absolute Gasteiger partial charge is 0.357 e. The monoisotopic (exact) mass is 324 g/mol. The molecule has 0 fully saturated rings. The first-order valence-electron chi connectivity index (χ1n) is 7.32. The third-order valence-electron chi connectivity index (χ3n) is 3.52. The van der Waals surface area contributed by atoms with Gasteiger partial charge in [-0.05, 0) is 17.7 Å². The van der Waals surface area contributed by atoms with E-state index in [0.29, 0.717) is 5.69 Å². The summed E-state index contributed by atoms with van der Waals surface area (Å²) in [6.45, 7) is 0.226. The summed E-state index contributed by atoms with van der Waals surface area (Å²) < 4.78 is 10.9. The summed E-state index contributed by atoms with van der Waals surface area (Å²) in [5.74, 6) is -0.141. The fourth-order valence-electron chi connectivity index (χ4n) is 2.29. The van der Waals surface area contributed by atoms with Crippen LogP contribution in [0.3, 0.4) is 0 Å². The van der Waals surface area contributed by atoms with Gasteiger partial charge in [0, 0.05) is 5.56 Å². The van der Waals surface area contributed by atoms with E-state index < -0.39 is 5.97 Å². The van der Waals surface area contributed by atoms with E-state index in [9.17, 15) is 9.90 Å². The van der Waals surface area contributed by atoms with Gasteiger partial charge in [0.25, 0.3) is 0 Å². The van der Waals surface area contributed by atoms with Gasteiger partial charge < -0.3 is 14.6 Å². The maximum absolute atomic E-state index is 11.4. The number of methoxy groups -OCH3 is 1. The first-order chi connectivity index (χ1) is 11.7. The fraction of sp³-hybridized carbons (Fsp3) is 0.111. The van der Waals surface area contributed by atoms with Crippen LogP contribution in [0.4, 0.5) is 0 Å². The summed E-state index contributed by atoms with van der Waals surface area (Å²) in [6, 6.07) is 16.7. The lowest BCUT2D eigenvalue weighted by atomic mass is 10.1. The molecule has 0 saturated carbocycles. The molecular formula is C18H16N2O4. The van der Waals surface area contributed by atoms with E-state index in [1.807, 2.05) is 54.6 Å². The van der Waals surface area contributed by atoms with Crippen molar-refractivity contribution < 1.29 is 19.4 Å². The molecule has 0 atom stereocenters. The van der Waals surface area contributed by atoms with Crippen LogP contribution in [-0.4, -0.2) is 28.4 Å². The average molecular weight is 324 g/mol. The topological polar surface area (TPSA) is 84.4 Å². The molecule has 2 N–H and O–H groups in total. The van der Waals surface area contributed by atoms with Crippen molar-refractivity contribution in [3.8, 4) is 22.8 Å². The first kappa shape index (κ1) is 15.6. The first-order valence-corrected chi connectivity index (χ1v) is 7.32. The molecule has 0 radical (unpaired) electrons. The van der Waals surface area contributed by atoms with Crippen molar-refractivity contribution in [1.82, 2.24) is 10.2 Å². The SMILES string of the molecule is COc1ccc(COc2c(-c3ccccc3)n[nH]c2C(=O)O)cc1. The largest absolute Gasteiger partial charge is 0.497 e. The second-order valence-corrected chi connectivity index (χ2v) is 5.08. The van der Waals surface area contributed by atoms with Gasteiger partial charge in [-0.1, -0.05) is 42.5 Å². The number of nitrogens with zero attached hydrogens (tertiary/aromatic N) is 1. The molecule has 0 aliphatic carbocycles. The highest BCUT2D eigenvalue weighted by atomic mass is 16.5. The third-order valence-corrected chi connectivity index (χ3v) is 3.52. The summed E-state index contributed by atoms with van der Waals surface area (Å²) in [4.78, 5) is 11.4. The van der Waals surface area contributed by atoms with E-state index >= 15 is 0 Å². The van der Waals surface area contributed by atoms with Crippen LogP contribution < -0.4 is 9.47 Å². The zero-order chi connectivity index (χ0) is 16.9. The predicted molar refractivity (Wildman–Crippen MR) is 88.3 cm³/mol. The Kier molecular flexibility index (Phi) is 4.47. The Morgan fingerprint density at radius 3 is 2.46 bits per heavy atom. The van der Waals surface area contributed by atoms with Crippen molar-refractivity contribution in [3.63, 3.8) is 0 Å². The number of hydrogen-bond acceptors (Lipinski definition) is 4. The Hall–Kier alpha value is -3.28. The van der Waals surface area contributed by atoms with Crippen molar-refractivity contribution in [3.05, 3.63) is 65.9 Å². The highest BCUT2D eigenvalue weighted by Gasteiger charge is 2.21. The second-order valence-electron chi connectivity index (χ2n) is 5.08. The molecule has 6 nitrogen and oxygen atoms in total. The molecule has 0 spiro atoms. The van der Waals surface area contributed by atoms with Gasteiger partial charge in [-0.3, -0.25) is 5.10 Å². The number of carbonyl (C=O) groups is 1. The molecule has 0 bridgehead atoms. The fourth-order valence-corrected chi connectivity index (χ4v) is 2.29. The van der Waals surface area contributed by atoms with Gasteiger partial charge in [0.05, 0.1) is 7.11 Å². The minimum Gasteiger partial charge on any atom is -0.497 e. The number of aromatic carboxylic acids is 1. The third kappa shape index (κ3) is 3.22. The van der Waals surface area contributed by atoms with Gasteiger partial charge in [-0.2, -0.15) is 5.10 Å². The van der Waals surface area contributed by atoms with Crippen LogP contribution in [0, 0.1) is 0 Å². The summed E-state index contributed by atoms with van der Waals surface area (Å²) in [5, 5.41) is 16.0. The summed E-state index contributed by atoms with van der Waals surface area (Å²) >= 11 is 0. The number of hydrogen-bond donors (Lipinski definition) is 2. The molecule has 0 amide bonds. The number of ether oxygens (including phenoxy) is 2. The Balaban J connectivity index is 1.87. The van der Waals surface area contributed by atoms with Crippen LogP contribution in [0.2, 0.25) is 0 Å². The lowest BCUT2D eigenvalue weighted by molar-refractivity contribution is 0.0685. The van der Waals surface area contributed by atoms with Gasteiger partial charge in [-0.15, -0.1) is 0 Å². The Bertz CT molecular complexity index is 826. The summed E-state index contributed by atoms with van der Waals surface area (Å²) in [7, 11) is 1.60. The van der Waals surface area contributed by atoms with E-state index in [-0.39, 0.29) is 18.1 Å². The zero-order valence-corrected chi connectivity index (χ0v) is 13.0. The number of rotatable bonds is 6. The molecular weight excluding hydrogens is 308 g/mol. The normalized spacial score (nSPS) is 10.4. The van der Waals surface area contributed by atoms with Crippen molar-refractivity contribution in [1.29, 1.82) is 0 Å². The van der Waals surface area contributed by atoms with Gasteiger partial charge in [0.1, 0.15) is 18.1 Å². The molecule has 6 heteroatoms. The minimum atomic E-state index is -1.12. The van der Waals surface area contributed by atoms with Crippen LogP contribution in [0.15, 0.2) is 54.6 Å². The highest BCUT2D eigenvalue weighted by Crippen LogP contribution is 2.31. The van der Waals surface area contributed by atoms with E-state index in [0.717, 1.165) is 16.9 Å². The Morgan fingerprint density at radius 2 is 1.83 bits per heavy atom. The van der Waals surface area contributed by atoms with E-state index in [2.05, 4.69) is 10.2 Å². The summed E-state index contributed by atoms with van der Waals surface area (Å²) in [6.07, 6.45) is 0. The number of aromatic nitrogens is 2. The van der Waals surface area contributed by atoms with Crippen LogP contribution in [0.25, 0.3) is 11.3 Å². The number of aromatic amines is 1. The standard InChI is InChI=1S/C18H16N2O4/c1-23-14-9-7-12(8-10-14)11-24-17-15(13-5-3-2-4-6-13)19-20-16(17)18(21)22/h2-10H,11H2,1H3,(H,19,20)(H,21,22). The molecule has 122 valence electrons. The maximum Gasteiger partial charge on any atom is 0.357 e. The number of H-pyrrole nitrogens is 1. The quantitative estimate of drug-likeness (QED) is 0.726. The molecule has 0 saturated heterocycles. The van der Waals surface area contributed by atoms with E-state index in [4.69, 9.17) is 9.47 Å². The number of carboxylic acid groups (broad SMARTS) is 1. The molecule has 3 aromatic rings. The van der Waals surface area contributed by atoms with E-state index in [1.54, 1.807) is 7.11 Å². The Morgan fingerprint density at radius 1 is 1.12 bits per heavy atom. The predicted octanol–water partition coefficient (Wildman–Crippen LogP) is 3.36. The molecule has 0 aliphatic heterocycles. The van der Waals surface area contributed by atoms with Crippen LogP contribution >= 0.6 is 0 Å². The lowest BCUT2D eigenvalue weighted by Gasteiger charge is -2.08. The molecule has 2 aromatic carbocycles. The number of benzene rings is 2. The van der Waals surface area contributed by atoms with Gasteiger partial charge in [-0.25, -0.2) is 4.79 Å². The zero-order valence-electron chi connectivity index (χ0n) is 13.0. The van der Waals surface area contributed by atoms with Crippen LogP contribution in [0.1, 0.15) is 16.1 Å². The molecule has 0 aliphatic rings. The molecule has 1 heterocycles. The molecule has 3 rings (SSSR count). The number of nitrogens with one attached hydrogen (secondary N) is 1. The van der Waals surface area contributed by atoms with Crippen molar-refractivity contribution in [2.24, 2.45) is 0 Å². The summed E-state index contributed by atoms with van der Waals surface area (Å²) in [5.41, 5.74) is 2.09. The maximum atomic E-state index is 11.4. The van der Waals surface area contributed by atoms with Crippen molar-refractivity contribution in [2.75, 3.05) is 7.11 Å². The van der Waals surface area contributed by atoms with Crippen molar-refractivity contribution >= 4 is 5.97 Å². The average Bonchev–Trinajstić information content (AvgIpc) is 3.05. The van der Waals surface area contributed by atoms with Crippen LogP contribution in [0.5, 0.6) is 11.5 Å². The highest BCUT2D eigenvalue weighted by molar-refractivity contribution is 5.91. The van der Waals surface area contributed by atoms with Gasteiger partial charge >= 0.3 is 5.97 Å². The molecule has 1 aromatic heterocycles. The minimum absolute atomic E-state index is 0.0673. The number of carboxylic acids is 1. The molecule has 0 unspecified atom stereocenters. The van der Waals surface area contributed by atoms with E-state index in [1.165, 1.54) is 0 Å². The Labute approximate surface area is 138 Å². The van der Waals surface area contributed by atoms with Crippen LogP contribution in [-0.2, 0) is 6.61 Å². The van der Waals surface area contributed by atoms with Crippen molar-refractivity contribution in [2.45, 2.75) is 6.61 Å². The lowest BCUT2D eigenvalue weighted by Crippen LogP contribution is -2.03. The van der Waals surface area contributed by atoms with Gasteiger partial charge in [0.15, 0.2) is 11.4 Å².